The van der Waals surface area contributed by atoms with Crippen molar-refractivity contribution in [3.63, 3.8) is 0 Å². The summed E-state index contributed by atoms with van der Waals surface area (Å²) in [7, 11) is 0. The molecule has 0 amide bonds. The molecule has 0 bridgehead atoms. The van der Waals surface area contributed by atoms with Crippen molar-refractivity contribution in [1.29, 1.82) is 0 Å². The second kappa shape index (κ2) is 7.53. The lowest BCUT2D eigenvalue weighted by molar-refractivity contribution is 0.494. The monoisotopic (exact) mass is 336 g/mol. The van der Waals surface area contributed by atoms with E-state index in [9.17, 15) is 4.39 Å². The van der Waals surface area contributed by atoms with E-state index in [0.717, 1.165) is 24.8 Å². The molecule has 0 heterocycles. The molecule has 106 valence electrons. The summed E-state index contributed by atoms with van der Waals surface area (Å²) in [6.45, 7) is 0. The molecule has 0 aliphatic heterocycles. The van der Waals surface area contributed by atoms with Crippen molar-refractivity contribution >= 4 is 15.9 Å². The highest BCUT2D eigenvalue weighted by molar-refractivity contribution is 9.10. The first-order chi connectivity index (χ1) is 9.70. The lowest BCUT2D eigenvalue weighted by Crippen LogP contribution is -2.28. The summed E-state index contributed by atoms with van der Waals surface area (Å²) in [6.07, 6.45) is 2.86. The first kappa shape index (κ1) is 15.2. The van der Waals surface area contributed by atoms with Gasteiger partial charge >= 0.3 is 0 Å². The van der Waals surface area contributed by atoms with Crippen LogP contribution in [-0.4, -0.2) is 0 Å². The minimum absolute atomic E-state index is 0.0266. The summed E-state index contributed by atoms with van der Waals surface area (Å²) < 4.78 is 14.0. The van der Waals surface area contributed by atoms with Crippen LogP contribution in [0.25, 0.3) is 0 Å². The Bertz CT molecular complexity index is 545. The number of nitrogens with one attached hydrogen (secondary N) is 1. The standard InChI is InChI=1S/C16H18BrFN2/c17-14-10-9-13(11-15(14)18)16(20-19)8-4-7-12-5-2-1-3-6-12/h1-3,5-6,9-11,16,20H,4,7-8,19H2. The molecule has 1 unspecified atom stereocenters. The number of halogens is 2. The van der Waals surface area contributed by atoms with E-state index in [0.29, 0.717) is 4.47 Å². The Balaban J connectivity index is 1.93. The molecular weight excluding hydrogens is 319 g/mol. The lowest BCUT2D eigenvalue weighted by Gasteiger charge is -2.16. The van der Waals surface area contributed by atoms with Gasteiger partial charge in [0.2, 0.25) is 0 Å². The molecule has 2 aromatic rings. The van der Waals surface area contributed by atoms with Crippen LogP contribution in [0, 0.1) is 5.82 Å². The number of aryl methyl sites for hydroxylation is 1. The van der Waals surface area contributed by atoms with Crippen LogP contribution in [-0.2, 0) is 6.42 Å². The first-order valence-corrected chi connectivity index (χ1v) is 7.45. The van der Waals surface area contributed by atoms with E-state index in [1.165, 1.54) is 11.6 Å². The Morgan fingerprint density at radius 3 is 2.55 bits per heavy atom. The minimum atomic E-state index is -0.259. The second-order valence-electron chi connectivity index (χ2n) is 4.77. The van der Waals surface area contributed by atoms with Gasteiger partial charge in [-0.25, -0.2) is 4.39 Å². The molecule has 2 aromatic carbocycles. The van der Waals surface area contributed by atoms with Gasteiger partial charge in [0.25, 0.3) is 0 Å². The van der Waals surface area contributed by atoms with E-state index in [2.05, 4.69) is 33.5 Å². The fourth-order valence-corrected chi connectivity index (χ4v) is 2.48. The molecule has 0 aliphatic rings. The van der Waals surface area contributed by atoms with Gasteiger partial charge in [-0.2, -0.15) is 0 Å². The first-order valence-electron chi connectivity index (χ1n) is 6.65. The van der Waals surface area contributed by atoms with E-state index in [1.807, 2.05) is 24.3 Å². The molecule has 2 rings (SSSR count). The molecule has 0 spiro atoms. The van der Waals surface area contributed by atoms with Gasteiger partial charge in [-0.15, -0.1) is 0 Å². The fraction of sp³-hybridized carbons (Fsp3) is 0.250. The highest BCUT2D eigenvalue weighted by atomic mass is 79.9. The zero-order chi connectivity index (χ0) is 14.4. The van der Waals surface area contributed by atoms with Crippen LogP contribution in [0.1, 0.15) is 30.0 Å². The van der Waals surface area contributed by atoms with E-state index in [4.69, 9.17) is 5.84 Å². The maximum atomic E-state index is 13.5. The summed E-state index contributed by atoms with van der Waals surface area (Å²) in [5, 5.41) is 0. The normalized spacial score (nSPS) is 12.3. The highest BCUT2D eigenvalue weighted by Gasteiger charge is 2.11. The Kier molecular flexibility index (Phi) is 5.71. The smallest absolute Gasteiger partial charge is 0.137 e. The number of nitrogens with two attached hydrogens (primary N) is 1. The van der Waals surface area contributed by atoms with Crippen molar-refractivity contribution in [1.82, 2.24) is 5.43 Å². The summed E-state index contributed by atoms with van der Waals surface area (Å²) >= 11 is 3.16. The quantitative estimate of drug-likeness (QED) is 0.615. The van der Waals surface area contributed by atoms with Crippen LogP contribution in [0.5, 0.6) is 0 Å². The van der Waals surface area contributed by atoms with E-state index in [1.54, 1.807) is 6.07 Å². The molecular formula is C16H18BrFN2. The SMILES string of the molecule is NNC(CCCc1ccccc1)c1ccc(Br)c(F)c1. The van der Waals surface area contributed by atoms with E-state index in [-0.39, 0.29) is 11.9 Å². The van der Waals surface area contributed by atoms with Crippen molar-refractivity contribution < 1.29 is 4.39 Å². The largest absolute Gasteiger partial charge is 0.271 e. The molecule has 0 radical (unpaired) electrons. The van der Waals surface area contributed by atoms with Crippen LogP contribution in [0.2, 0.25) is 0 Å². The molecule has 4 heteroatoms. The van der Waals surface area contributed by atoms with Crippen molar-refractivity contribution in [2.45, 2.75) is 25.3 Å². The zero-order valence-electron chi connectivity index (χ0n) is 11.2. The summed E-state index contributed by atoms with van der Waals surface area (Å²) in [5.74, 6) is 5.33. The lowest BCUT2D eigenvalue weighted by atomic mass is 9.99. The van der Waals surface area contributed by atoms with Gasteiger partial charge in [-0.3, -0.25) is 11.3 Å². The maximum absolute atomic E-state index is 13.5. The van der Waals surface area contributed by atoms with Crippen LogP contribution >= 0.6 is 15.9 Å². The molecule has 2 nitrogen and oxygen atoms in total. The summed E-state index contributed by atoms with van der Waals surface area (Å²) in [5.41, 5.74) is 4.96. The topological polar surface area (TPSA) is 38.0 Å². The number of rotatable bonds is 6. The summed E-state index contributed by atoms with van der Waals surface area (Å²) in [6, 6.07) is 15.4. The number of benzene rings is 2. The van der Waals surface area contributed by atoms with Crippen molar-refractivity contribution in [2.75, 3.05) is 0 Å². The third-order valence-electron chi connectivity index (χ3n) is 3.35. The predicted octanol–water partition coefficient (Wildman–Crippen LogP) is 4.12. The van der Waals surface area contributed by atoms with Crippen molar-refractivity contribution in [3.8, 4) is 0 Å². The Hall–Kier alpha value is -1.23. The Morgan fingerprint density at radius 2 is 1.90 bits per heavy atom. The van der Waals surface area contributed by atoms with Gasteiger partial charge < -0.3 is 0 Å². The average Bonchev–Trinajstić information content (AvgIpc) is 2.48. The maximum Gasteiger partial charge on any atom is 0.137 e. The van der Waals surface area contributed by atoms with Gasteiger partial charge in [0.15, 0.2) is 0 Å². The molecule has 20 heavy (non-hydrogen) atoms. The highest BCUT2D eigenvalue weighted by Crippen LogP contribution is 2.23. The molecule has 1 atom stereocenters. The number of hydrogen-bond donors (Lipinski definition) is 2. The second-order valence-corrected chi connectivity index (χ2v) is 5.62. The molecule has 0 fully saturated rings. The van der Waals surface area contributed by atoms with Crippen LogP contribution in [0.15, 0.2) is 53.0 Å². The molecule has 0 saturated carbocycles. The minimum Gasteiger partial charge on any atom is -0.271 e. The van der Waals surface area contributed by atoms with Gasteiger partial charge in [0.1, 0.15) is 5.82 Å². The van der Waals surface area contributed by atoms with Gasteiger partial charge in [0.05, 0.1) is 4.47 Å². The van der Waals surface area contributed by atoms with E-state index < -0.39 is 0 Å². The van der Waals surface area contributed by atoms with Crippen molar-refractivity contribution in [3.05, 3.63) is 69.9 Å². The number of hydrazine groups is 1. The number of hydrogen-bond acceptors (Lipinski definition) is 2. The third kappa shape index (κ3) is 4.13. The molecule has 0 aliphatic carbocycles. The van der Waals surface area contributed by atoms with E-state index >= 15 is 0 Å². The molecule has 3 N–H and O–H groups in total. The zero-order valence-corrected chi connectivity index (χ0v) is 12.7. The van der Waals surface area contributed by atoms with Crippen LogP contribution in [0.4, 0.5) is 4.39 Å². The Labute approximate surface area is 127 Å². The average molecular weight is 337 g/mol. The third-order valence-corrected chi connectivity index (χ3v) is 3.99. The summed E-state index contributed by atoms with van der Waals surface area (Å²) in [4.78, 5) is 0. The van der Waals surface area contributed by atoms with Gasteiger partial charge in [0, 0.05) is 6.04 Å². The Morgan fingerprint density at radius 1 is 1.15 bits per heavy atom. The molecule has 0 aromatic heterocycles. The van der Waals surface area contributed by atoms with Gasteiger partial charge in [-0.05, 0) is 58.5 Å². The van der Waals surface area contributed by atoms with Crippen LogP contribution < -0.4 is 11.3 Å². The van der Waals surface area contributed by atoms with Crippen LogP contribution in [0.3, 0.4) is 0 Å². The van der Waals surface area contributed by atoms with Crippen molar-refractivity contribution in [2.24, 2.45) is 5.84 Å². The fourth-order valence-electron chi connectivity index (χ4n) is 2.23. The predicted molar refractivity (Wildman–Crippen MR) is 83.5 cm³/mol. The molecule has 0 saturated heterocycles. The van der Waals surface area contributed by atoms with Gasteiger partial charge in [-0.1, -0.05) is 36.4 Å².